The summed E-state index contributed by atoms with van der Waals surface area (Å²) in [7, 11) is 0. The number of carbonyl (C=O) groups is 2. The minimum absolute atomic E-state index is 0.0598. The van der Waals surface area contributed by atoms with Crippen molar-refractivity contribution in [2.24, 2.45) is 0 Å². The second-order valence-electron chi connectivity index (χ2n) is 15.8. The van der Waals surface area contributed by atoms with Crippen LogP contribution in [-0.2, 0) is 19.1 Å². The molecule has 0 saturated carbocycles. The van der Waals surface area contributed by atoms with Crippen LogP contribution in [0, 0.1) is 0 Å². The van der Waals surface area contributed by atoms with Gasteiger partial charge in [0.2, 0.25) is 0 Å². The van der Waals surface area contributed by atoms with Gasteiger partial charge >= 0.3 is 11.9 Å². The maximum Gasteiger partial charge on any atom is 0.306 e. The minimum Gasteiger partial charge on any atom is -0.462 e. The van der Waals surface area contributed by atoms with Crippen molar-refractivity contribution in [3.63, 3.8) is 0 Å². The Bertz CT molecular complexity index is 750. The van der Waals surface area contributed by atoms with Gasteiger partial charge in [-0.15, -0.1) is 0 Å². The van der Waals surface area contributed by atoms with E-state index in [0.29, 0.717) is 12.8 Å². The Morgan fingerprint density at radius 1 is 0.423 bits per heavy atom. The van der Waals surface area contributed by atoms with Crippen LogP contribution in [0.1, 0.15) is 258 Å². The number of esters is 2. The Balaban J connectivity index is 3.47. The molecule has 0 aromatic heterocycles. The molecule has 0 fully saturated rings. The Hall–Kier alpha value is -1.36. The molecule has 5 heteroatoms. The molecule has 0 aromatic rings. The zero-order valence-corrected chi connectivity index (χ0v) is 35.1. The molecule has 0 aliphatic rings. The van der Waals surface area contributed by atoms with Gasteiger partial charge in [0.05, 0.1) is 6.61 Å². The van der Waals surface area contributed by atoms with E-state index < -0.39 is 6.10 Å². The van der Waals surface area contributed by atoms with Crippen molar-refractivity contribution >= 4 is 11.9 Å². The maximum absolute atomic E-state index is 12.2. The Morgan fingerprint density at radius 2 is 0.712 bits per heavy atom. The second-order valence-corrected chi connectivity index (χ2v) is 15.8. The van der Waals surface area contributed by atoms with Crippen molar-refractivity contribution in [2.75, 3.05) is 13.2 Å². The molecule has 5 nitrogen and oxygen atoms in total. The van der Waals surface area contributed by atoms with Crippen molar-refractivity contribution in [3.8, 4) is 0 Å². The first-order valence-electron chi connectivity index (χ1n) is 23.2. The topological polar surface area (TPSA) is 72.8 Å². The highest BCUT2D eigenvalue weighted by atomic mass is 16.6. The van der Waals surface area contributed by atoms with Crippen molar-refractivity contribution in [1.82, 2.24) is 0 Å². The van der Waals surface area contributed by atoms with E-state index in [2.05, 4.69) is 26.0 Å². The molecule has 0 heterocycles. The normalized spacial score (nSPS) is 12.1. The first-order chi connectivity index (χ1) is 25.6. The van der Waals surface area contributed by atoms with E-state index in [1.165, 1.54) is 199 Å². The molecule has 0 amide bonds. The smallest absolute Gasteiger partial charge is 0.306 e. The Morgan fingerprint density at radius 3 is 1.04 bits per heavy atom. The molecule has 308 valence electrons. The largest absolute Gasteiger partial charge is 0.462 e. The fourth-order valence-corrected chi connectivity index (χ4v) is 7.02. The van der Waals surface area contributed by atoms with Gasteiger partial charge in [-0.25, -0.2) is 0 Å². The second kappa shape index (κ2) is 44.0. The summed E-state index contributed by atoms with van der Waals surface area (Å²) in [5.41, 5.74) is 0. The molecular weight excluding hydrogens is 645 g/mol. The van der Waals surface area contributed by atoms with Gasteiger partial charge < -0.3 is 14.6 Å². The van der Waals surface area contributed by atoms with E-state index in [-0.39, 0.29) is 25.2 Å². The van der Waals surface area contributed by atoms with Gasteiger partial charge in [0.1, 0.15) is 6.61 Å². The van der Waals surface area contributed by atoms with Gasteiger partial charge in [-0.2, -0.15) is 0 Å². The van der Waals surface area contributed by atoms with Gasteiger partial charge in [-0.05, 0) is 38.5 Å². The van der Waals surface area contributed by atoms with Crippen LogP contribution in [0.5, 0.6) is 0 Å². The van der Waals surface area contributed by atoms with E-state index in [1.54, 1.807) is 0 Å². The van der Waals surface area contributed by atoms with Crippen molar-refractivity contribution < 1.29 is 24.2 Å². The molecule has 0 spiro atoms. The lowest BCUT2D eigenvalue weighted by Gasteiger charge is -2.15. The van der Waals surface area contributed by atoms with E-state index in [0.717, 1.165) is 32.1 Å². The molecular formula is C47H90O5. The molecule has 0 aliphatic heterocycles. The molecule has 0 aliphatic carbocycles. The summed E-state index contributed by atoms with van der Waals surface area (Å²) in [5, 5.41) is 9.60. The first kappa shape index (κ1) is 50.6. The summed E-state index contributed by atoms with van der Waals surface area (Å²) in [5.74, 6) is -0.577. The summed E-state index contributed by atoms with van der Waals surface area (Å²) >= 11 is 0. The predicted octanol–water partition coefficient (Wildman–Crippen LogP) is 14.9. The summed E-state index contributed by atoms with van der Waals surface area (Å²) in [6.07, 6.45) is 51.5. The number of allylic oxidation sites excluding steroid dienone is 2. The van der Waals surface area contributed by atoms with Crippen LogP contribution in [0.15, 0.2) is 12.2 Å². The van der Waals surface area contributed by atoms with Crippen molar-refractivity contribution in [1.29, 1.82) is 0 Å². The molecule has 0 bridgehead atoms. The van der Waals surface area contributed by atoms with Crippen LogP contribution in [0.4, 0.5) is 0 Å². The average Bonchev–Trinajstić information content (AvgIpc) is 3.15. The molecule has 0 rings (SSSR count). The monoisotopic (exact) mass is 735 g/mol. The average molecular weight is 735 g/mol. The SMILES string of the molecule is CCCCCCCC/C=C\CCCCCCCCCCCC(=O)OC(CO)COC(=O)CCCCCCCCCCCCCCCCCCCCC. The molecule has 1 N–H and O–H groups in total. The number of aliphatic hydroxyl groups is 1. The van der Waals surface area contributed by atoms with E-state index in [4.69, 9.17) is 9.47 Å². The van der Waals surface area contributed by atoms with Gasteiger partial charge in [-0.3, -0.25) is 9.59 Å². The van der Waals surface area contributed by atoms with Gasteiger partial charge in [0.15, 0.2) is 6.10 Å². The van der Waals surface area contributed by atoms with Crippen LogP contribution in [-0.4, -0.2) is 36.4 Å². The fourth-order valence-electron chi connectivity index (χ4n) is 7.02. The summed E-state index contributed by atoms with van der Waals surface area (Å²) < 4.78 is 10.7. The lowest BCUT2D eigenvalue weighted by atomic mass is 10.0. The lowest BCUT2D eigenvalue weighted by Crippen LogP contribution is -2.28. The van der Waals surface area contributed by atoms with E-state index in [1.807, 2.05) is 0 Å². The van der Waals surface area contributed by atoms with Crippen LogP contribution in [0.3, 0.4) is 0 Å². The molecule has 1 atom stereocenters. The fraction of sp³-hybridized carbons (Fsp3) is 0.915. The standard InChI is InChI=1S/C47H90O5/c1-3-5-7-9-11-13-15-17-19-21-23-25-27-29-31-33-35-37-39-41-46(49)51-44-45(43-48)52-47(50)42-40-38-36-34-32-30-28-26-24-22-20-18-16-14-12-10-8-6-4-2/h18,20,45,48H,3-17,19,21-44H2,1-2H3/b20-18-. The number of unbranched alkanes of at least 4 members (excludes halogenated alkanes) is 33. The molecule has 52 heavy (non-hydrogen) atoms. The Kier molecular flexibility index (Phi) is 42.9. The number of rotatable bonds is 43. The highest BCUT2D eigenvalue weighted by Gasteiger charge is 2.16. The third-order valence-corrected chi connectivity index (χ3v) is 10.6. The van der Waals surface area contributed by atoms with Crippen molar-refractivity contribution in [3.05, 3.63) is 12.2 Å². The zero-order chi connectivity index (χ0) is 37.8. The van der Waals surface area contributed by atoms with Gasteiger partial charge in [0, 0.05) is 12.8 Å². The number of hydrogen-bond donors (Lipinski definition) is 1. The number of hydrogen-bond acceptors (Lipinski definition) is 5. The highest BCUT2D eigenvalue weighted by molar-refractivity contribution is 5.70. The lowest BCUT2D eigenvalue weighted by molar-refractivity contribution is -0.161. The number of ether oxygens (including phenoxy) is 2. The van der Waals surface area contributed by atoms with Crippen LogP contribution >= 0.6 is 0 Å². The molecule has 0 saturated heterocycles. The highest BCUT2D eigenvalue weighted by Crippen LogP contribution is 2.16. The van der Waals surface area contributed by atoms with E-state index in [9.17, 15) is 14.7 Å². The third kappa shape index (κ3) is 41.4. The van der Waals surface area contributed by atoms with Crippen LogP contribution < -0.4 is 0 Å². The molecule has 0 radical (unpaired) electrons. The quantitative estimate of drug-likeness (QED) is 0.0383. The van der Waals surface area contributed by atoms with Crippen molar-refractivity contribution in [2.45, 2.75) is 264 Å². The molecule has 1 unspecified atom stereocenters. The summed E-state index contributed by atoms with van der Waals surface area (Å²) in [4.78, 5) is 24.4. The van der Waals surface area contributed by atoms with Gasteiger partial charge in [0.25, 0.3) is 0 Å². The Labute approximate surface area is 324 Å². The number of carbonyl (C=O) groups excluding carboxylic acids is 2. The first-order valence-corrected chi connectivity index (χ1v) is 23.2. The maximum atomic E-state index is 12.2. The summed E-state index contributed by atoms with van der Waals surface area (Å²) in [6.45, 7) is 4.17. The van der Waals surface area contributed by atoms with E-state index >= 15 is 0 Å². The van der Waals surface area contributed by atoms with Crippen LogP contribution in [0.25, 0.3) is 0 Å². The van der Waals surface area contributed by atoms with Gasteiger partial charge in [-0.1, -0.05) is 219 Å². The van der Waals surface area contributed by atoms with Crippen LogP contribution in [0.2, 0.25) is 0 Å². The number of aliphatic hydroxyl groups excluding tert-OH is 1. The third-order valence-electron chi connectivity index (χ3n) is 10.6. The zero-order valence-electron chi connectivity index (χ0n) is 35.1. The minimum atomic E-state index is -0.766. The predicted molar refractivity (Wildman–Crippen MR) is 224 cm³/mol. The molecule has 0 aromatic carbocycles. The summed E-state index contributed by atoms with van der Waals surface area (Å²) in [6, 6.07) is 0.